The van der Waals surface area contributed by atoms with Gasteiger partial charge in [-0.1, -0.05) is 24.3 Å². The maximum atomic E-state index is 5.93. The number of benzene rings is 2. The maximum absolute atomic E-state index is 5.93. The van der Waals surface area contributed by atoms with Crippen molar-refractivity contribution >= 4 is 35.6 Å². The van der Waals surface area contributed by atoms with Crippen molar-refractivity contribution in [1.82, 2.24) is 0 Å². The topological polar surface area (TPSA) is 68.9 Å². The zero-order valence-corrected chi connectivity index (χ0v) is 16.5. The highest BCUT2D eigenvalue weighted by molar-refractivity contribution is 14.0. The van der Waals surface area contributed by atoms with Gasteiger partial charge in [-0.05, 0) is 43.7 Å². The number of rotatable bonds is 6. The smallest absolute Gasteiger partial charge is 0.193 e. The number of anilines is 1. The van der Waals surface area contributed by atoms with Gasteiger partial charge in [-0.3, -0.25) is 0 Å². The number of hydrogen-bond acceptors (Lipinski definition) is 3. The van der Waals surface area contributed by atoms with Crippen LogP contribution in [0.5, 0.6) is 11.5 Å². The first-order valence-electron chi connectivity index (χ1n) is 7.54. The maximum Gasteiger partial charge on any atom is 0.193 e. The largest absolute Gasteiger partial charge is 0.495 e. The average molecular weight is 441 g/mol. The molecule has 24 heavy (non-hydrogen) atoms. The van der Waals surface area contributed by atoms with Crippen molar-refractivity contribution in [3.8, 4) is 11.5 Å². The number of hydrogen-bond donors (Lipinski definition) is 2. The third kappa shape index (κ3) is 6.27. The highest BCUT2D eigenvalue weighted by Gasteiger charge is 2.02. The molecular formula is C18H24IN3O2. The van der Waals surface area contributed by atoms with Crippen molar-refractivity contribution in [3.63, 3.8) is 0 Å². The molecule has 0 atom stereocenters. The van der Waals surface area contributed by atoms with Crippen LogP contribution in [0.4, 0.5) is 5.69 Å². The highest BCUT2D eigenvalue weighted by Crippen LogP contribution is 2.22. The Bertz CT molecular complexity index is 658. The molecule has 0 radical (unpaired) electrons. The van der Waals surface area contributed by atoms with E-state index >= 15 is 0 Å². The minimum Gasteiger partial charge on any atom is -0.495 e. The molecule has 2 rings (SSSR count). The highest BCUT2D eigenvalue weighted by atomic mass is 127. The van der Waals surface area contributed by atoms with Gasteiger partial charge in [-0.25, -0.2) is 4.99 Å². The van der Waals surface area contributed by atoms with Crippen LogP contribution in [-0.4, -0.2) is 19.2 Å². The van der Waals surface area contributed by atoms with Crippen LogP contribution in [0.15, 0.2) is 53.5 Å². The summed E-state index contributed by atoms with van der Waals surface area (Å²) >= 11 is 0. The lowest BCUT2D eigenvalue weighted by molar-refractivity contribution is 0.242. The number of halogens is 1. The molecule has 5 nitrogen and oxygen atoms in total. The Labute approximate surface area is 160 Å². The molecule has 130 valence electrons. The lowest BCUT2D eigenvalue weighted by atomic mass is 10.2. The summed E-state index contributed by atoms with van der Waals surface area (Å²) < 4.78 is 10.9. The number of para-hydroxylation sites is 2. The fourth-order valence-electron chi connectivity index (χ4n) is 2.05. The van der Waals surface area contributed by atoms with Gasteiger partial charge >= 0.3 is 0 Å². The van der Waals surface area contributed by atoms with Crippen LogP contribution in [0.25, 0.3) is 0 Å². The van der Waals surface area contributed by atoms with Gasteiger partial charge in [0.2, 0.25) is 0 Å². The van der Waals surface area contributed by atoms with E-state index in [0.29, 0.717) is 12.5 Å². The van der Waals surface area contributed by atoms with Gasteiger partial charge in [0.05, 0.1) is 25.4 Å². The summed E-state index contributed by atoms with van der Waals surface area (Å²) in [5.41, 5.74) is 7.78. The monoisotopic (exact) mass is 441 g/mol. The molecule has 0 saturated heterocycles. The summed E-state index contributed by atoms with van der Waals surface area (Å²) in [6.45, 7) is 4.50. The van der Waals surface area contributed by atoms with E-state index in [1.165, 1.54) is 0 Å². The molecule has 0 unspecified atom stereocenters. The Morgan fingerprint density at radius 3 is 2.42 bits per heavy atom. The Kier molecular flexibility index (Phi) is 8.39. The van der Waals surface area contributed by atoms with Crippen molar-refractivity contribution in [2.45, 2.75) is 26.5 Å². The second-order valence-electron chi connectivity index (χ2n) is 5.34. The van der Waals surface area contributed by atoms with Crippen molar-refractivity contribution < 1.29 is 9.47 Å². The zero-order chi connectivity index (χ0) is 16.7. The van der Waals surface area contributed by atoms with Gasteiger partial charge < -0.3 is 20.5 Å². The number of nitrogens with one attached hydrogen (secondary N) is 1. The minimum atomic E-state index is 0. The molecule has 0 aromatic heterocycles. The van der Waals surface area contributed by atoms with Crippen LogP contribution >= 0.6 is 24.0 Å². The van der Waals surface area contributed by atoms with Crippen LogP contribution in [0.2, 0.25) is 0 Å². The van der Waals surface area contributed by atoms with Gasteiger partial charge in [-0.2, -0.15) is 0 Å². The molecule has 6 heteroatoms. The van der Waals surface area contributed by atoms with Gasteiger partial charge in [-0.15, -0.1) is 24.0 Å². The molecule has 0 spiro atoms. The van der Waals surface area contributed by atoms with E-state index in [-0.39, 0.29) is 30.1 Å². The molecule has 2 aromatic carbocycles. The van der Waals surface area contributed by atoms with Crippen LogP contribution in [0.3, 0.4) is 0 Å². The standard InChI is InChI=1S/C18H23N3O2.HI/c1-13(2)23-15-10-8-14(9-11-15)12-20-18(19)21-16-6-4-5-7-17(16)22-3;/h4-11,13H,12H2,1-3H3,(H3,19,20,21);1H. The fraction of sp³-hybridized carbons (Fsp3) is 0.278. The molecular weight excluding hydrogens is 417 g/mol. The van der Waals surface area contributed by atoms with Gasteiger partial charge in [0, 0.05) is 0 Å². The molecule has 0 amide bonds. The van der Waals surface area contributed by atoms with Gasteiger partial charge in [0.25, 0.3) is 0 Å². The van der Waals surface area contributed by atoms with E-state index in [4.69, 9.17) is 15.2 Å². The Hall–Kier alpha value is -1.96. The van der Waals surface area contributed by atoms with E-state index < -0.39 is 0 Å². The zero-order valence-electron chi connectivity index (χ0n) is 14.2. The quantitative estimate of drug-likeness (QED) is 0.404. The average Bonchev–Trinajstić information content (AvgIpc) is 2.54. The predicted octanol–water partition coefficient (Wildman–Crippen LogP) is 4.03. The molecule has 0 aliphatic rings. The molecule has 3 N–H and O–H groups in total. The minimum absolute atomic E-state index is 0. The second-order valence-corrected chi connectivity index (χ2v) is 5.34. The first-order chi connectivity index (χ1) is 11.1. The summed E-state index contributed by atoms with van der Waals surface area (Å²) in [4.78, 5) is 4.34. The Balaban J connectivity index is 0.00000288. The van der Waals surface area contributed by atoms with Crippen LogP contribution in [-0.2, 0) is 6.54 Å². The normalized spacial score (nSPS) is 10.9. The van der Waals surface area contributed by atoms with Crippen molar-refractivity contribution in [2.75, 3.05) is 12.4 Å². The number of nitrogens with two attached hydrogens (primary N) is 1. The first kappa shape index (κ1) is 20.1. The number of aliphatic imine (C=N–C) groups is 1. The summed E-state index contributed by atoms with van der Waals surface area (Å²) in [5, 5.41) is 3.05. The second kappa shape index (κ2) is 10.0. The van der Waals surface area contributed by atoms with Crippen LogP contribution in [0.1, 0.15) is 19.4 Å². The lowest BCUT2D eigenvalue weighted by Gasteiger charge is -2.11. The van der Waals surface area contributed by atoms with E-state index in [1.54, 1.807) is 7.11 Å². The number of guanidine groups is 1. The molecule has 0 bridgehead atoms. The number of nitrogens with zero attached hydrogens (tertiary/aromatic N) is 1. The van der Waals surface area contributed by atoms with E-state index in [1.807, 2.05) is 62.4 Å². The van der Waals surface area contributed by atoms with E-state index in [9.17, 15) is 0 Å². The van der Waals surface area contributed by atoms with Crippen molar-refractivity contribution in [1.29, 1.82) is 0 Å². The lowest BCUT2D eigenvalue weighted by Crippen LogP contribution is -2.22. The van der Waals surface area contributed by atoms with Gasteiger partial charge in [0.15, 0.2) is 5.96 Å². The molecule has 0 aliphatic heterocycles. The van der Waals surface area contributed by atoms with E-state index in [2.05, 4.69) is 10.3 Å². The molecule has 0 saturated carbocycles. The predicted molar refractivity (Wildman–Crippen MR) is 110 cm³/mol. The molecule has 0 fully saturated rings. The van der Waals surface area contributed by atoms with Crippen molar-refractivity contribution in [3.05, 3.63) is 54.1 Å². The number of ether oxygens (including phenoxy) is 2. The number of methoxy groups -OCH3 is 1. The third-order valence-corrected chi connectivity index (χ3v) is 3.10. The summed E-state index contributed by atoms with van der Waals surface area (Å²) in [6.07, 6.45) is 0.166. The summed E-state index contributed by atoms with van der Waals surface area (Å²) in [7, 11) is 1.62. The Morgan fingerprint density at radius 2 is 1.79 bits per heavy atom. The first-order valence-corrected chi connectivity index (χ1v) is 7.54. The Morgan fingerprint density at radius 1 is 1.12 bits per heavy atom. The van der Waals surface area contributed by atoms with Crippen LogP contribution in [0, 0.1) is 0 Å². The van der Waals surface area contributed by atoms with Crippen molar-refractivity contribution in [2.24, 2.45) is 10.7 Å². The third-order valence-electron chi connectivity index (χ3n) is 3.10. The van der Waals surface area contributed by atoms with Crippen LogP contribution < -0.4 is 20.5 Å². The molecule has 0 aliphatic carbocycles. The summed E-state index contributed by atoms with van der Waals surface area (Å²) in [6, 6.07) is 15.4. The molecule has 0 heterocycles. The van der Waals surface area contributed by atoms with Gasteiger partial charge in [0.1, 0.15) is 11.5 Å². The molecule has 2 aromatic rings. The SMILES string of the molecule is COc1ccccc1NC(N)=NCc1ccc(OC(C)C)cc1.I. The summed E-state index contributed by atoms with van der Waals surface area (Å²) in [5.74, 6) is 1.92. The van der Waals surface area contributed by atoms with E-state index in [0.717, 1.165) is 22.7 Å². The fourth-order valence-corrected chi connectivity index (χ4v) is 2.05.